The van der Waals surface area contributed by atoms with E-state index in [2.05, 4.69) is 10.6 Å². The van der Waals surface area contributed by atoms with Crippen molar-refractivity contribution >= 4 is 17.5 Å². The number of benzene rings is 3. The highest BCUT2D eigenvalue weighted by Crippen LogP contribution is 2.29. The summed E-state index contributed by atoms with van der Waals surface area (Å²) in [6.45, 7) is 1.90. The van der Waals surface area contributed by atoms with Crippen molar-refractivity contribution in [3.63, 3.8) is 0 Å². The summed E-state index contributed by atoms with van der Waals surface area (Å²) < 4.78 is 5.75. The van der Waals surface area contributed by atoms with E-state index in [9.17, 15) is 9.59 Å². The Morgan fingerprint density at radius 2 is 1.60 bits per heavy atom. The molecule has 0 spiro atoms. The normalized spacial score (nSPS) is 13.2. The van der Waals surface area contributed by atoms with Crippen molar-refractivity contribution in [3.8, 4) is 5.75 Å². The Balaban J connectivity index is 1.48. The highest BCUT2D eigenvalue weighted by atomic mass is 16.5. The molecule has 0 fully saturated rings. The minimum Gasteiger partial charge on any atom is -0.484 e. The number of aryl methyl sites for hydroxylation is 1. The van der Waals surface area contributed by atoms with Gasteiger partial charge in [0.1, 0.15) is 5.75 Å². The van der Waals surface area contributed by atoms with Gasteiger partial charge in [0.05, 0.1) is 5.54 Å². The third-order valence-corrected chi connectivity index (χ3v) is 5.43. The number of nitrogens with one attached hydrogen (secondary N) is 2. The van der Waals surface area contributed by atoms with Crippen LogP contribution in [0.15, 0.2) is 78.9 Å². The van der Waals surface area contributed by atoms with Gasteiger partial charge in [-0.1, -0.05) is 60.7 Å². The topological polar surface area (TPSA) is 67.4 Å². The van der Waals surface area contributed by atoms with Crippen LogP contribution in [0.5, 0.6) is 5.75 Å². The van der Waals surface area contributed by atoms with E-state index < -0.39 is 5.54 Å². The number of fused-ring (bicyclic) bond motifs is 1. The van der Waals surface area contributed by atoms with Gasteiger partial charge in [0, 0.05) is 12.1 Å². The molecule has 0 saturated heterocycles. The van der Waals surface area contributed by atoms with Crippen molar-refractivity contribution in [1.29, 1.82) is 0 Å². The van der Waals surface area contributed by atoms with Crippen LogP contribution in [-0.2, 0) is 21.5 Å². The third kappa shape index (κ3) is 4.20. The van der Waals surface area contributed by atoms with Crippen LogP contribution in [0.4, 0.5) is 5.69 Å². The fraction of sp³-hybridized carbons (Fsp3) is 0.200. The van der Waals surface area contributed by atoms with Crippen molar-refractivity contribution in [1.82, 2.24) is 5.32 Å². The molecule has 0 radical (unpaired) electrons. The zero-order valence-corrected chi connectivity index (χ0v) is 16.9. The molecule has 1 heterocycles. The van der Waals surface area contributed by atoms with Gasteiger partial charge in [-0.05, 0) is 48.2 Å². The minimum absolute atomic E-state index is 0.0247. The first-order valence-electron chi connectivity index (χ1n) is 10.0. The van der Waals surface area contributed by atoms with Gasteiger partial charge in [-0.15, -0.1) is 0 Å². The van der Waals surface area contributed by atoms with E-state index >= 15 is 0 Å². The van der Waals surface area contributed by atoms with Gasteiger partial charge >= 0.3 is 0 Å². The second-order valence-electron chi connectivity index (χ2n) is 7.56. The van der Waals surface area contributed by atoms with Crippen LogP contribution in [0.1, 0.15) is 30.0 Å². The highest BCUT2D eigenvalue weighted by molar-refractivity contribution is 5.94. The molecule has 5 heteroatoms. The molecule has 4 rings (SSSR count). The van der Waals surface area contributed by atoms with E-state index in [0.717, 1.165) is 22.4 Å². The molecule has 30 heavy (non-hydrogen) atoms. The van der Waals surface area contributed by atoms with Gasteiger partial charge in [-0.3, -0.25) is 9.59 Å². The molecular formula is C25H24N2O3. The molecule has 1 aliphatic heterocycles. The Hall–Kier alpha value is -3.60. The van der Waals surface area contributed by atoms with Crippen molar-refractivity contribution < 1.29 is 14.3 Å². The average molecular weight is 400 g/mol. The van der Waals surface area contributed by atoms with Crippen LogP contribution in [0.2, 0.25) is 0 Å². The molecule has 0 bridgehead atoms. The number of rotatable bonds is 6. The third-order valence-electron chi connectivity index (χ3n) is 5.43. The zero-order valence-electron chi connectivity index (χ0n) is 16.9. The maximum Gasteiger partial charge on any atom is 0.258 e. The fourth-order valence-corrected chi connectivity index (χ4v) is 3.77. The van der Waals surface area contributed by atoms with Crippen LogP contribution < -0.4 is 15.4 Å². The first-order chi connectivity index (χ1) is 14.5. The minimum atomic E-state index is -0.677. The molecule has 2 amide bonds. The van der Waals surface area contributed by atoms with Crippen LogP contribution in [0.3, 0.4) is 0 Å². The van der Waals surface area contributed by atoms with Gasteiger partial charge in [-0.2, -0.15) is 0 Å². The molecular weight excluding hydrogens is 376 g/mol. The first kappa shape index (κ1) is 19.7. The predicted octanol–water partition coefficient (Wildman–Crippen LogP) is 4.03. The molecule has 0 saturated carbocycles. The van der Waals surface area contributed by atoms with E-state index in [1.54, 1.807) is 6.07 Å². The zero-order chi connectivity index (χ0) is 21.0. The molecule has 0 aromatic heterocycles. The molecule has 3 aromatic carbocycles. The summed E-state index contributed by atoms with van der Waals surface area (Å²) in [5.74, 6) is 0.425. The molecule has 5 nitrogen and oxygen atoms in total. The van der Waals surface area contributed by atoms with E-state index in [4.69, 9.17) is 4.74 Å². The van der Waals surface area contributed by atoms with Crippen LogP contribution in [0, 0.1) is 0 Å². The summed E-state index contributed by atoms with van der Waals surface area (Å²) in [6, 6.07) is 25.3. The monoisotopic (exact) mass is 400 g/mol. The quantitative estimate of drug-likeness (QED) is 0.656. The Morgan fingerprint density at radius 1 is 0.967 bits per heavy atom. The van der Waals surface area contributed by atoms with Gasteiger partial charge in [0.15, 0.2) is 6.61 Å². The number of amides is 2. The molecule has 3 aromatic rings. The molecule has 152 valence electrons. The van der Waals surface area contributed by atoms with Crippen LogP contribution in [-0.4, -0.2) is 18.4 Å². The van der Waals surface area contributed by atoms with Crippen LogP contribution in [0.25, 0.3) is 0 Å². The largest absolute Gasteiger partial charge is 0.484 e. The van der Waals surface area contributed by atoms with Gasteiger partial charge in [-0.25, -0.2) is 0 Å². The summed E-state index contributed by atoms with van der Waals surface area (Å²) in [6.07, 6.45) is 1.13. The molecule has 1 aliphatic rings. The second-order valence-corrected chi connectivity index (χ2v) is 7.56. The standard InChI is InChI=1S/C25H24N2O3/c1-25(19-8-4-2-5-9-19,20-10-6-3-7-11-20)27-24(29)17-30-21-13-14-22-18(16-21)12-15-23(28)26-22/h2-11,13-14,16H,12,15,17H2,1H3,(H,26,28)(H,27,29). The van der Waals surface area contributed by atoms with E-state index in [1.807, 2.05) is 79.7 Å². The maximum atomic E-state index is 12.8. The predicted molar refractivity (Wildman–Crippen MR) is 116 cm³/mol. The fourth-order valence-electron chi connectivity index (χ4n) is 3.77. The van der Waals surface area contributed by atoms with Crippen molar-refractivity contribution in [2.75, 3.05) is 11.9 Å². The number of hydrogen-bond donors (Lipinski definition) is 2. The first-order valence-corrected chi connectivity index (χ1v) is 10.0. The Bertz CT molecular complexity index is 1010. The van der Waals surface area contributed by atoms with Crippen molar-refractivity contribution in [2.45, 2.75) is 25.3 Å². The number of ether oxygens (including phenoxy) is 1. The van der Waals surface area contributed by atoms with Gasteiger partial charge in [0.25, 0.3) is 5.91 Å². The Kier molecular flexibility index (Phi) is 5.53. The summed E-state index contributed by atoms with van der Waals surface area (Å²) in [4.78, 5) is 24.3. The molecule has 0 atom stereocenters. The molecule has 0 unspecified atom stereocenters. The lowest BCUT2D eigenvalue weighted by atomic mass is 9.84. The Labute approximate surface area is 176 Å². The summed E-state index contributed by atoms with van der Waals surface area (Å²) in [5.41, 5.74) is 3.14. The SMILES string of the molecule is CC(NC(=O)COc1ccc2c(c1)CCC(=O)N2)(c1ccccc1)c1ccccc1. The van der Waals surface area contributed by atoms with Gasteiger partial charge < -0.3 is 15.4 Å². The van der Waals surface area contributed by atoms with E-state index in [-0.39, 0.29) is 18.4 Å². The number of carbonyl (C=O) groups is 2. The summed E-state index contributed by atoms with van der Waals surface area (Å²) >= 11 is 0. The summed E-state index contributed by atoms with van der Waals surface area (Å²) in [7, 11) is 0. The lowest BCUT2D eigenvalue weighted by molar-refractivity contribution is -0.124. The van der Waals surface area contributed by atoms with Crippen LogP contribution >= 0.6 is 0 Å². The second kappa shape index (κ2) is 8.41. The average Bonchev–Trinajstić information content (AvgIpc) is 2.78. The molecule has 2 N–H and O–H groups in total. The van der Waals surface area contributed by atoms with E-state index in [1.165, 1.54) is 0 Å². The van der Waals surface area contributed by atoms with Gasteiger partial charge in [0.2, 0.25) is 5.91 Å². The van der Waals surface area contributed by atoms with E-state index in [0.29, 0.717) is 18.6 Å². The highest BCUT2D eigenvalue weighted by Gasteiger charge is 2.30. The smallest absolute Gasteiger partial charge is 0.258 e. The lowest BCUT2D eigenvalue weighted by Gasteiger charge is -2.32. The number of hydrogen-bond acceptors (Lipinski definition) is 3. The van der Waals surface area contributed by atoms with Crippen molar-refractivity contribution in [3.05, 3.63) is 95.6 Å². The summed E-state index contributed by atoms with van der Waals surface area (Å²) in [5, 5.41) is 5.99. The molecule has 0 aliphatic carbocycles. The van der Waals surface area contributed by atoms with Crippen molar-refractivity contribution in [2.24, 2.45) is 0 Å². The lowest BCUT2D eigenvalue weighted by Crippen LogP contribution is -2.46. The maximum absolute atomic E-state index is 12.8. The number of carbonyl (C=O) groups excluding carboxylic acids is 2. The Morgan fingerprint density at radius 3 is 2.23 bits per heavy atom. The number of anilines is 1.